The van der Waals surface area contributed by atoms with Gasteiger partial charge >= 0.3 is 12.0 Å². The van der Waals surface area contributed by atoms with Gasteiger partial charge in [0.1, 0.15) is 6.54 Å². The van der Waals surface area contributed by atoms with E-state index >= 15 is 0 Å². The molecule has 0 aromatic heterocycles. The third kappa shape index (κ3) is 3.59. The molecule has 1 atom stereocenters. The molecule has 96 valence electrons. The second-order valence-electron chi connectivity index (χ2n) is 3.78. The van der Waals surface area contributed by atoms with Gasteiger partial charge in [0.25, 0.3) is 0 Å². The van der Waals surface area contributed by atoms with E-state index in [1.54, 1.807) is 7.05 Å². The van der Waals surface area contributed by atoms with E-state index in [2.05, 4.69) is 5.32 Å². The van der Waals surface area contributed by atoms with Gasteiger partial charge in [-0.3, -0.25) is 4.79 Å². The average molecular weight is 245 g/mol. The molecule has 1 fully saturated rings. The monoisotopic (exact) mass is 245 g/mol. The molecule has 3 N–H and O–H groups in total. The van der Waals surface area contributed by atoms with Crippen molar-refractivity contribution in [2.75, 3.05) is 33.2 Å². The molecule has 1 aliphatic rings. The Hall–Kier alpha value is -1.83. The zero-order valence-corrected chi connectivity index (χ0v) is 9.42. The predicted molar refractivity (Wildman–Crippen MR) is 56.3 cm³/mol. The molecule has 0 aromatic carbocycles. The lowest BCUT2D eigenvalue weighted by Gasteiger charge is -2.32. The van der Waals surface area contributed by atoms with E-state index in [4.69, 9.17) is 10.2 Å². The van der Waals surface area contributed by atoms with Gasteiger partial charge in [0.15, 0.2) is 6.10 Å². The summed E-state index contributed by atoms with van der Waals surface area (Å²) in [4.78, 5) is 35.9. The maximum absolute atomic E-state index is 11.5. The summed E-state index contributed by atoms with van der Waals surface area (Å²) < 4.78 is 0. The molecule has 0 unspecified atom stereocenters. The van der Waals surface area contributed by atoms with Gasteiger partial charge in [0.2, 0.25) is 5.91 Å². The van der Waals surface area contributed by atoms with Gasteiger partial charge < -0.3 is 25.3 Å². The van der Waals surface area contributed by atoms with Crippen molar-refractivity contribution in [2.24, 2.45) is 0 Å². The van der Waals surface area contributed by atoms with E-state index in [-0.39, 0.29) is 19.0 Å². The van der Waals surface area contributed by atoms with Crippen LogP contribution >= 0.6 is 0 Å². The minimum Gasteiger partial charge on any atom is -0.479 e. The molecule has 0 aromatic rings. The van der Waals surface area contributed by atoms with Crippen molar-refractivity contribution in [3.63, 3.8) is 0 Å². The van der Waals surface area contributed by atoms with E-state index in [0.29, 0.717) is 13.1 Å². The van der Waals surface area contributed by atoms with Crippen molar-refractivity contribution in [2.45, 2.75) is 6.10 Å². The summed E-state index contributed by atoms with van der Waals surface area (Å²) in [7, 11) is 1.64. The van der Waals surface area contributed by atoms with E-state index in [0.717, 1.165) is 0 Å². The second-order valence-corrected chi connectivity index (χ2v) is 3.78. The summed E-state index contributed by atoms with van der Waals surface area (Å²) in [6.45, 7) is 0.408. The van der Waals surface area contributed by atoms with Crippen LogP contribution in [0.25, 0.3) is 0 Å². The number of amides is 3. The zero-order chi connectivity index (χ0) is 13.0. The van der Waals surface area contributed by atoms with Crippen molar-refractivity contribution >= 4 is 17.9 Å². The maximum Gasteiger partial charge on any atom is 0.334 e. The van der Waals surface area contributed by atoms with Crippen LogP contribution in [0.2, 0.25) is 0 Å². The van der Waals surface area contributed by atoms with Crippen LogP contribution in [-0.4, -0.2) is 77.3 Å². The number of nitrogens with zero attached hydrogens (tertiary/aromatic N) is 2. The molecule has 1 saturated heterocycles. The molecule has 0 saturated carbocycles. The number of nitrogens with one attached hydrogen (secondary N) is 1. The van der Waals surface area contributed by atoms with Crippen molar-refractivity contribution < 1.29 is 24.6 Å². The van der Waals surface area contributed by atoms with E-state index < -0.39 is 18.1 Å². The first kappa shape index (κ1) is 13.2. The molecule has 0 radical (unpaired) electrons. The lowest BCUT2D eigenvalue weighted by atomic mass is 10.3. The number of aliphatic hydroxyl groups excluding tert-OH is 1. The van der Waals surface area contributed by atoms with Crippen LogP contribution in [0.15, 0.2) is 0 Å². The second kappa shape index (κ2) is 5.48. The quantitative estimate of drug-likeness (QED) is 0.528. The largest absolute Gasteiger partial charge is 0.479 e. The third-order valence-corrected chi connectivity index (χ3v) is 2.48. The van der Waals surface area contributed by atoms with Gasteiger partial charge in [-0.2, -0.15) is 0 Å². The van der Waals surface area contributed by atoms with Crippen molar-refractivity contribution in [3.8, 4) is 0 Å². The van der Waals surface area contributed by atoms with Crippen LogP contribution in [0.3, 0.4) is 0 Å². The Morgan fingerprint density at radius 1 is 1.47 bits per heavy atom. The van der Waals surface area contributed by atoms with Crippen molar-refractivity contribution in [1.29, 1.82) is 0 Å². The van der Waals surface area contributed by atoms with Crippen molar-refractivity contribution in [3.05, 3.63) is 0 Å². The van der Waals surface area contributed by atoms with Gasteiger partial charge in [-0.15, -0.1) is 0 Å². The fraction of sp³-hybridized carbons (Fsp3) is 0.667. The van der Waals surface area contributed by atoms with E-state index in [1.165, 1.54) is 9.80 Å². The van der Waals surface area contributed by atoms with Crippen LogP contribution in [0, 0.1) is 0 Å². The Bertz CT molecular complexity index is 333. The highest BCUT2D eigenvalue weighted by molar-refractivity contribution is 5.85. The molecule has 1 heterocycles. The fourth-order valence-electron chi connectivity index (χ4n) is 1.31. The number of carboxylic acid groups (broad SMARTS) is 1. The minimum atomic E-state index is -1.64. The number of hydrogen-bond acceptors (Lipinski definition) is 4. The van der Waals surface area contributed by atoms with Gasteiger partial charge in [0, 0.05) is 20.1 Å². The van der Waals surface area contributed by atoms with E-state index in [9.17, 15) is 14.4 Å². The number of carboxylic acids is 1. The first-order chi connectivity index (χ1) is 7.91. The van der Waals surface area contributed by atoms with Crippen LogP contribution < -0.4 is 5.32 Å². The third-order valence-electron chi connectivity index (χ3n) is 2.48. The number of piperazine rings is 1. The zero-order valence-electron chi connectivity index (χ0n) is 9.42. The summed E-state index contributed by atoms with van der Waals surface area (Å²) in [5.74, 6) is -1.58. The SMILES string of the molecule is CN1CCN(C(=O)NC[C@H](O)C(=O)O)CC1=O. The highest BCUT2D eigenvalue weighted by Gasteiger charge is 2.25. The summed E-state index contributed by atoms with van der Waals surface area (Å²) in [6, 6.07) is -0.549. The molecule has 0 spiro atoms. The standard InChI is InChI=1S/C9H15N3O5/c1-11-2-3-12(5-7(11)14)9(17)10-4-6(13)8(15)16/h6,13H,2-5H2,1H3,(H,10,17)(H,15,16)/t6-/m0/s1. The maximum atomic E-state index is 11.5. The van der Waals surface area contributed by atoms with Crippen LogP contribution in [0.1, 0.15) is 0 Å². The van der Waals surface area contributed by atoms with Gasteiger partial charge in [-0.1, -0.05) is 0 Å². The normalized spacial score (nSPS) is 17.9. The lowest BCUT2D eigenvalue weighted by Crippen LogP contribution is -2.54. The van der Waals surface area contributed by atoms with Crippen molar-refractivity contribution in [1.82, 2.24) is 15.1 Å². The van der Waals surface area contributed by atoms with Crippen LogP contribution in [-0.2, 0) is 9.59 Å². The molecular weight excluding hydrogens is 230 g/mol. The first-order valence-corrected chi connectivity index (χ1v) is 5.09. The number of rotatable bonds is 3. The molecule has 1 aliphatic heterocycles. The molecular formula is C9H15N3O5. The highest BCUT2D eigenvalue weighted by Crippen LogP contribution is 2.00. The smallest absolute Gasteiger partial charge is 0.334 e. The predicted octanol–water partition coefficient (Wildman–Crippen LogP) is -2.08. The molecule has 3 amide bonds. The molecule has 8 heteroatoms. The molecule has 1 rings (SSSR count). The molecule has 8 nitrogen and oxygen atoms in total. The minimum absolute atomic E-state index is 0.0362. The number of aliphatic carboxylic acids is 1. The Balaban J connectivity index is 2.38. The summed E-state index contributed by atoms with van der Waals surface area (Å²) in [6.07, 6.45) is -1.64. The average Bonchev–Trinajstić information content (AvgIpc) is 2.28. The van der Waals surface area contributed by atoms with Crippen LogP contribution in [0.4, 0.5) is 4.79 Å². The van der Waals surface area contributed by atoms with Crippen LogP contribution in [0.5, 0.6) is 0 Å². The topological polar surface area (TPSA) is 110 Å². The Morgan fingerprint density at radius 3 is 2.65 bits per heavy atom. The summed E-state index contributed by atoms with van der Waals surface area (Å²) >= 11 is 0. The summed E-state index contributed by atoms with van der Waals surface area (Å²) in [5, 5.41) is 19.6. The lowest BCUT2D eigenvalue weighted by molar-refractivity contribution is -0.146. The number of urea groups is 1. The fourth-order valence-corrected chi connectivity index (χ4v) is 1.31. The Kier molecular flexibility index (Phi) is 4.27. The number of carbonyl (C=O) groups excluding carboxylic acids is 2. The van der Waals surface area contributed by atoms with Gasteiger partial charge in [-0.05, 0) is 0 Å². The Morgan fingerprint density at radius 2 is 2.12 bits per heavy atom. The Labute approximate surface area is 97.8 Å². The summed E-state index contributed by atoms with van der Waals surface area (Å²) in [5.41, 5.74) is 0. The highest BCUT2D eigenvalue weighted by atomic mass is 16.4. The molecule has 17 heavy (non-hydrogen) atoms. The number of likely N-dealkylation sites (N-methyl/N-ethyl adjacent to an activating group) is 1. The number of aliphatic hydroxyl groups is 1. The van der Waals surface area contributed by atoms with Gasteiger partial charge in [-0.25, -0.2) is 9.59 Å². The number of hydrogen-bond donors (Lipinski definition) is 3. The molecule has 0 aliphatic carbocycles. The number of carbonyl (C=O) groups is 3. The molecule has 0 bridgehead atoms. The van der Waals surface area contributed by atoms with Gasteiger partial charge in [0.05, 0.1) is 6.54 Å². The first-order valence-electron chi connectivity index (χ1n) is 5.09. The van der Waals surface area contributed by atoms with E-state index in [1.807, 2.05) is 0 Å².